The predicted octanol–water partition coefficient (Wildman–Crippen LogP) is 2.30. The Hall–Kier alpha value is -2.74. The summed E-state index contributed by atoms with van der Waals surface area (Å²) in [6.07, 6.45) is 3.25. The number of esters is 1. The Morgan fingerprint density at radius 3 is 2.80 bits per heavy atom. The quantitative estimate of drug-likeness (QED) is 0.446. The first-order chi connectivity index (χ1) is 11.9. The van der Waals surface area contributed by atoms with Gasteiger partial charge in [0.2, 0.25) is 0 Å². The van der Waals surface area contributed by atoms with Crippen molar-refractivity contribution >= 4 is 11.7 Å². The minimum absolute atomic E-state index is 0.0655. The van der Waals surface area contributed by atoms with E-state index in [-0.39, 0.29) is 18.1 Å². The number of carbonyl (C=O) groups excluding carboxylic acids is 1. The first-order valence-corrected chi connectivity index (χ1v) is 8.01. The number of benzene rings is 1. The summed E-state index contributed by atoms with van der Waals surface area (Å²) in [5.41, 5.74) is 1.45. The van der Waals surface area contributed by atoms with Crippen LogP contribution in [0, 0.1) is 10.1 Å². The van der Waals surface area contributed by atoms with Crippen molar-refractivity contribution in [3.63, 3.8) is 0 Å². The lowest BCUT2D eigenvalue weighted by Gasteiger charge is -2.10. The molecule has 1 atom stereocenters. The van der Waals surface area contributed by atoms with Crippen molar-refractivity contribution in [3.8, 4) is 0 Å². The molecular formula is C17H21N3O5. The van der Waals surface area contributed by atoms with Gasteiger partial charge in [0.05, 0.1) is 17.7 Å². The van der Waals surface area contributed by atoms with Gasteiger partial charge in [-0.15, -0.1) is 0 Å². The molecule has 134 valence electrons. The van der Waals surface area contributed by atoms with E-state index in [1.165, 1.54) is 12.3 Å². The van der Waals surface area contributed by atoms with E-state index >= 15 is 0 Å². The summed E-state index contributed by atoms with van der Waals surface area (Å²) in [5.74, 6) is -0.311. The number of nitro benzene ring substituents is 1. The van der Waals surface area contributed by atoms with Gasteiger partial charge in [-0.1, -0.05) is 12.1 Å². The first-order valence-electron chi connectivity index (χ1n) is 8.01. The van der Waals surface area contributed by atoms with Crippen molar-refractivity contribution in [2.45, 2.75) is 32.3 Å². The summed E-state index contributed by atoms with van der Waals surface area (Å²) in [6, 6.07) is 4.65. The Kier molecular flexibility index (Phi) is 6.24. The molecule has 0 fully saturated rings. The van der Waals surface area contributed by atoms with Gasteiger partial charge in [-0.2, -0.15) is 5.10 Å². The van der Waals surface area contributed by atoms with Crippen LogP contribution in [0.5, 0.6) is 0 Å². The highest BCUT2D eigenvalue weighted by Gasteiger charge is 2.19. The van der Waals surface area contributed by atoms with Gasteiger partial charge in [-0.25, -0.2) is 0 Å². The zero-order valence-corrected chi connectivity index (χ0v) is 14.2. The van der Waals surface area contributed by atoms with Gasteiger partial charge in [-0.3, -0.25) is 19.6 Å². The summed E-state index contributed by atoms with van der Waals surface area (Å²) in [4.78, 5) is 22.2. The number of aryl methyl sites for hydroxylation is 2. The molecule has 8 nitrogen and oxygen atoms in total. The molecule has 0 aliphatic heterocycles. The molecule has 1 heterocycles. The molecule has 25 heavy (non-hydrogen) atoms. The van der Waals surface area contributed by atoms with Crippen LogP contribution in [0.25, 0.3) is 0 Å². The van der Waals surface area contributed by atoms with Crippen molar-refractivity contribution in [1.82, 2.24) is 9.78 Å². The number of rotatable bonds is 8. The van der Waals surface area contributed by atoms with Crippen molar-refractivity contribution in [2.24, 2.45) is 7.05 Å². The van der Waals surface area contributed by atoms with E-state index in [9.17, 15) is 20.0 Å². The number of nitro groups is 1. The summed E-state index contributed by atoms with van der Waals surface area (Å²) < 4.78 is 6.40. The lowest BCUT2D eigenvalue weighted by Crippen LogP contribution is -2.05. The SMILES string of the molecule is CCOC(=O)CCCc1ccc(C(O)c2cnn(C)c2)cc1[N+](=O)[O-]. The number of aromatic nitrogens is 2. The average Bonchev–Trinajstić information content (AvgIpc) is 3.01. The molecule has 2 aromatic rings. The van der Waals surface area contributed by atoms with Gasteiger partial charge in [0.1, 0.15) is 6.10 Å². The maximum Gasteiger partial charge on any atom is 0.305 e. The standard InChI is InChI=1S/C17H21N3O5/c1-3-25-16(21)6-4-5-12-7-8-13(9-15(12)20(23)24)17(22)14-10-18-19(2)11-14/h7-11,17,22H,3-6H2,1-2H3. The minimum atomic E-state index is -0.985. The monoisotopic (exact) mass is 347 g/mol. The second-order valence-corrected chi connectivity index (χ2v) is 5.65. The first kappa shape index (κ1) is 18.6. The molecular weight excluding hydrogens is 326 g/mol. The van der Waals surface area contributed by atoms with Crippen LogP contribution in [-0.2, 0) is 23.0 Å². The summed E-state index contributed by atoms with van der Waals surface area (Å²) in [5, 5.41) is 25.7. The fourth-order valence-corrected chi connectivity index (χ4v) is 2.56. The number of hydrogen-bond donors (Lipinski definition) is 1. The second kappa shape index (κ2) is 8.39. The molecule has 1 unspecified atom stereocenters. The number of nitrogens with zero attached hydrogens (tertiary/aromatic N) is 3. The minimum Gasteiger partial charge on any atom is -0.466 e. The molecule has 0 aliphatic carbocycles. The Balaban J connectivity index is 2.14. The van der Waals surface area contributed by atoms with Crippen LogP contribution in [-0.4, -0.2) is 32.4 Å². The number of aliphatic hydroxyl groups is 1. The van der Waals surface area contributed by atoms with Crippen LogP contribution in [0.15, 0.2) is 30.6 Å². The highest BCUT2D eigenvalue weighted by atomic mass is 16.6. The van der Waals surface area contributed by atoms with Crippen molar-refractivity contribution in [2.75, 3.05) is 6.61 Å². The number of hydrogen-bond acceptors (Lipinski definition) is 6. The normalized spacial score (nSPS) is 12.0. The Morgan fingerprint density at radius 2 is 2.20 bits per heavy atom. The van der Waals surface area contributed by atoms with Crippen molar-refractivity contribution < 1.29 is 19.6 Å². The molecule has 0 amide bonds. The zero-order chi connectivity index (χ0) is 18.4. The molecule has 0 spiro atoms. The number of carbonyl (C=O) groups is 1. The van der Waals surface area contributed by atoms with Gasteiger partial charge < -0.3 is 9.84 Å². The molecule has 0 aliphatic rings. The average molecular weight is 347 g/mol. The Bertz CT molecular complexity index is 756. The molecule has 8 heteroatoms. The summed E-state index contributed by atoms with van der Waals surface area (Å²) in [7, 11) is 1.73. The molecule has 1 aromatic heterocycles. The lowest BCUT2D eigenvalue weighted by atomic mass is 9.99. The smallest absolute Gasteiger partial charge is 0.305 e. The fraction of sp³-hybridized carbons (Fsp3) is 0.412. The molecule has 0 saturated carbocycles. The van der Waals surface area contributed by atoms with Gasteiger partial charge >= 0.3 is 5.97 Å². The molecule has 0 bridgehead atoms. The molecule has 1 N–H and O–H groups in total. The van der Waals surface area contributed by atoms with E-state index in [2.05, 4.69) is 5.10 Å². The second-order valence-electron chi connectivity index (χ2n) is 5.65. The molecule has 0 saturated heterocycles. The van der Waals surface area contributed by atoms with Crippen LogP contribution in [0.2, 0.25) is 0 Å². The van der Waals surface area contributed by atoms with Crippen molar-refractivity contribution in [3.05, 3.63) is 57.4 Å². The number of aliphatic hydroxyl groups excluding tert-OH is 1. The van der Waals surface area contributed by atoms with Gasteiger partial charge in [-0.05, 0) is 25.3 Å². The van der Waals surface area contributed by atoms with Crippen LogP contribution >= 0.6 is 0 Å². The van der Waals surface area contributed by atoms with Crippen LogP contribution in [0.3, 0.4) is 0 Å². The maximum atomic E-state index is 11.4. The van der Waals surface area contributed by atoms with Crippen molar-refractivity contribution in [1.29, 1.82) is 0 Å². The third-order valence-electron chi connectivity index (χ3n) is 3.79. The summed E-state index contributed by atoms with van der Waals surface area (Å²) in [6.45, 7) is 2.05. The maximum absolute atomic E-state index is 11.4. The third-order valence-corrected chi connectivity index (χ3v) is 3.79. The molecule has 0 radical (unpaired) electrons. The third kappa shape index (κ3) is 4.87. The highest BCUT2D eigenvalue weighted by molar-refractivity contribution is 5.69. The van der Waals surface area contributed by atoms with Gasteiger partial charge in [0.25, 0.3) is 5.69 Å². The van der Waals surface area contributed by atoms with Crippen LogP contribution in [0.1, 0.15) is 42.6 Å². The molecule has 1 aromatic carbocycles. The lowest BCUT2D eigenvalue weighted by molar-refractivity contribution is -0.385. The highest BCUT2D eigenvalue weighted by Crippen LogP contribution is 2.28. The van der Waals surface area contributed by atoms with E-state index in [4.69, 9.17) is 4.74 Å². The Morgan fingerprint density at radius 1 is 1.44 bits per heavy atom. The van der Waals surface area contributed by atoms with E-state index in [1.54, 1.807) is 37.0 Å². The summed E-state index contributed by atoms with van der Waals surface area (Å²) >= 11 is 0. The fourth-order valence-electron chi connectivity index (χ4n) is 2.56. The van der Waals surface area contributed by atoms with E-state index in [1.807, 2.05) is 0 Å². The van der Waals surface area contributed by atoms with Gasteiger partial charge in [0, 0.05) is 36.9 Å². The van der Waals surface area contributed by atoms with E-state index in [0.717, 1.165) is 0 Å². The molecule has 2 rings (SSSR count). The topological polar surface area (TPSA) is 107 Å². The van der Waals surface area contributed by atoms with E-state index < -0.39 is 11.0 Å². The number of ether oxygens (including phenoxy) is 1. The predicted molar refractivity (Wildman–Crippen MR) is 89.9 cm³/mol. The van der Waals surface area contributed by atoms with E-state index in [0.29, 0.717) is 36.1 Å². The Labute approximate surface area is 145 Å². The van der Waals surface area contributed by atoms with Gasteiger partial charge in [0.15, 0.2) is 0 Å². The van der Waals surface area contributed by atoms with Crippen LogP contribution < -0.4 is 0 Å². The largest absolute Gasteiger partial charge is 0.466 e. The zero-order valence-electron chi connectivity index (χ0n) is 14.2. The van der Waals surface area contributed by atoms with Crippen LogP contribution in [0.4, 0.5) is 5.69 Å².